The molecular formula is C42H79NO5. The van der Waals surface area contributed by atoms with Crippen molar-refractivity contribution in [2.75, 3.05) is 6.61 Å². The minimum absolute atomic E-state index is 0.0652. The van der Waals surface area contributed by atoms with Crippen molar-refractivity contribution in [1.29, 1.82) is 0 Å². The van der Waals surface area contributed by atoms with Crippen molar-refractivity contribution in [1.82, 2.24) is 5.32 Å². The Morgan fingerprint density at radius 2 is 1.02 bits per heavy atom. The first kappa shape index (κ1) is 46.3. The lowest BCUT2D eigenvalue weighted by Gasteiger charge is -2.24. The molecule has 0 aromatic rings. The Hall–Kier alpha value is -1.66. The number of aliphatic hydroxyl groups excluding tert-OH is 2. The molecule has 0 aliphatic rings. The van der Waals surface area contributed by atoms with Gasteiger partial charge in [0.15, 0.2) is 0 Å². The van der Waals surface area contributed by atoms with Gasteiger partial charge in [-0.05, 0) is 64.2 Å². The molecule has 0 saturated carbocycles. The number of ether oxygens (including phenoxy) is 1. The highest BCUT2D eigenvalue weighted by Gasteiger charge is 2.24. The van der Waals surface area contributed by atoms with Crippen LogP contribution >= 0.6 is 0 Å². The molecule has 6 heteroatoms. The van der Waals surface area contributed by atoms with E-state index in [0.717, 1.165) is 77.0 Å². The van der Waals surface area contributed by atoms with Crippen molar-refractivity contribution >= 4 is 11.9 Å². The van der Waals surface area contributed by atoms with Crippen LogP contribution in [0.25, 0.3) is 0 Å². The fourth-order valence-electron chi connectivity index (χ4n) is 6.04. The molecule has 3 N–H and O–H groups in total. The number of hydrogen-bond acceptors (Lipinski definition) is 5. The molecule has 0 heterocycles. The molecule has 0 saturated heterocycles. The summed E-state index contributed by atoms with van der Waals surface area (Å²) in [4.78, 5) is 25.8. The minimum atomic E-state index is -0.785. The first-order chi connectivity index (χ1) is 23.5. The topological polar surface area (TPSA) is 95.9 Å². The first-order valence-corrected chi connectivity index (χ1v) is 20.6. The quantitative estimate of drug-likeness (QED) is 0.0348. The van der Waals surface area contributed by atoms with Crippen molar-refractivity contribution in [3.63, 3.8) is 0 Å². The molecule has 3 unspecified atom stereocenters. The molecule has 0 aliphatic carbocycles. The maximum absolute atomic E-state index is 13.0. The number of esters is 1. The Morgan fingerprint density at radius 3 is 1.56 bits per heavy atom. The highest BCUT2D eigenvalue weighted by atomic mass is 16.5. The van der Waals surface area contributed by atoms with Gasteiger partial charge in [0.05, 0.1) is 25.2 Å². The number of rotatable bonds is 36. The highest BCUT2D eigenvalue weighted by Crippen LogP contribution is 2.16. The maximum atomic E-state index is 13.0. The summed E-state index contributed by atoms with van der Waals surface area (Å²) in [6.45, 7) is 6.35. The van der Waals surface area contributed by atoms with Gasteiger partial charge in [0.25, 0.3) is 0 Å². The zero-order valence-electron chi connectivity index (χ0n) is 31.9. The van der Waals surface area contributed by atoms with E-state index in [1.807, 2.05) is 0 Å². The monoisotopic (exact) mass is 678 g/mol. The van der Waals surface area contributed by atoms with Crippen LogP contribution in [0.4, 0.5) is 0 Å². The first-order valence-electron chi connectivity index (χ1n) is 20.6. The van der Waals surface area contributed by atoms with Crippen molar-refractivity contribution in [3.05, 3.63) is 24.3 Å². The van der Waals surface area contributed by atoms with Crippen molar-refractivity contribution in [2.24, 2.45) is 0 Å². The maximum Gasteiger partial charge on any atom is 0.306 e. The van der Waals surface area contributed by atoms with Gasteiger partial charge in [-0.15, -0.1) is 0 Å². The third-order valence-corrected chi connectivity index (χ3v) is 9.25. The van der Waals surface area contributed by atoms with Gasteiger partial charge in [0.2, 0.25) is 5.91 Å². The lowest BCUT2D eigenvalue weighted by atomic mass is 10.0. The smallest absolute Gasteiger partial charge is 0.306 e. The number of hydrogen-bond donors (Lipinski definition) is 3. The third-order valence-electron chi connectivity index (χ3n) is 9.25. The second-order valence-corrected chi connectivity index (χ2v) is 14.0. The van der Waals surface area contributed by atoms with Gasteiger partial charge in [0, 0.05) is 6.42 Å². The molecule has 0 aliphatic heterocycles. The molecule has 0 radical (unpaired) electrons. The van der Waals surface area contributed by atoms with E-state index in [2.05, 4.69) is 50.4 Å². The largest absolute Gasteiger partial charge is 0.462 e. The van der Waals surface area contributed by atoms with Crippen LogP contribution in [0.3, 0.4) is 0 Å². The van der Waals surface area contributed by atoms with Gasteiger partial charge in [-0.25, -0.2) is 0 Å². The molecule has 1 amide bonds. The molecule has 0 aromatic heterocycles. The molecule has 0 bridgehead atoms. The Kier molecular flexibility index (Phi) is 35.3. The van der Waals surface area contributed by atoms with Gasteiger partial charge in [-0.2, -0.15) is 0 Å². The van der Waals surface area contributed by atoms with Crippen molar-refractivity contribution in [3.8, 4) is 0 Å². The summed E-state index contributed by atoms with van der Waals surface area (Å²) in [6.07, 6.45) is 38.1. The van der Waals surface area contributed by atoms with E-state index in [9.17, 15) is 19.8 Å². The average molecular weight is 678 g/mol. The molecule has 282 valence electrons. The van der Waals surface area contributed by atoms with Gasteiger partial charge in [-0.1, -0.05) is 154 Å². The summed E-state index contributed by atoms with van der Waals surface area (Å²) >= 11 is 0. The number of carbonyl (C=O) groups is 2. The SMILES string of the molecule is CCCC/C=C\CCCCCCCC(=O)OC(CCCCC/C=C\CCCC)CC(=O)NC(CO)C(O)CCCCCCCCCCC. The zero-order valence-corrected chi connectivity index (χ0v) is 31.9. The minimum Gasteiger partial charge on any atom is -0.462 e. The molecular weight excluding hydrogens is 598 g/mol. The molecule has 3 atom stereocenters. The second-order valence-electron chi connectivity index (χ2n) is 14.0. The molecule has 0 spiro atoms. The third kappa shape index (κ3) is 31.6. The van der Waals surface area contributed by atoms with E-state index in [1.165, 1.54) is 83.5 Å². The van der Waals surface area contributed by atoms with Crippen LogP contribution < -0.4 is 5.32 Å². The summed E-state index contributed by atoms with van der Waals surface area (Å²) in [5.74, 6) is -0.504. The van der Waals surface area contributed by atoms with Crippen molar-refractivity contribution < 1.29 is 24.5 Å². The van der Waals surface area contributed by atoms with Crippen LogP contribution in [0.1, 0.15) is 207 Å². The predicted molar refractivity (Wildman–Crippen MR) is 204 cm³/mol. The Labute approximate surface area is 297 Å². The number of allylic oxidation sites excluding steroid dienone is 4. The standard InChI is InChI=1S/C42H79NO5/c1-4-7-10-13-16-19-20-23-26-29-32-35-42(47)48-38(33-30-27-24-21-17-14-11-8-5-2)36-41(46)43-39(37-44)40(45)34-31-28-25-22-18-15-12-9-6-3/h13-14,16-17,38-40,44-45H,4-12,15,18-37H2,1-3H3,(H,43,46)/b16-13-,17-14-. The fraction of sp³-hybridized carbons (Fsp3) is 0.857. The molecule has 48 heavy (non-hydrogen) atoms. The Morgan fingerprint density at radius 1 is 0.583 bits per heavy atom. The summed E-state index contributed by atoms with van der Waals surface area (Å²) in [7, 11) is 0. The summed E-state index contributed by atoms with van der Waals surface area (Å²) in [6, 6.07) is -0.700. The van der Waals surface area contributed by atoms with Gasteiger partial charge >= 0.3 is 5.97 Å². The molecule has 0 rings (SSSR count). The van der Waals surface area contributed by atoms with Crippen LogP contribution in [0.2, 0.25) is 0 Å². The summed E-state index contributed by atoms with van der Waals surface area (Å²) < 4.78 is 5.85. The van der Waals surface area contributed by atoms with E-state index in [0.29, 0.717) is 19.3 Å². The average Bonchev–Trinajstić information content (AvgIpc) is 3.07. The van der Waals surface area contributed by atoms with E-state index in [4.69, 9.17) is 4.74 Å². The molecule has 0 fully saturated rings. The van der Waals surface area contributed by atoms with Gasteiger partial charge in [0.1, 0.15) is 6.10 Å². The van der Waals surface area contributed by atoms with Gasteiger partial charge < -0.3 is 20.3 Å². The van der Waals surface area contributed by atoms with Crippen LogP contribution in [0.5, 0.6) is 0 Å². The number of aliphatic hydroxyl groups is 2. The van der Waals surface area contributed by atoms with E-state index >= 15 is 0 Å². The number of carbonyl (C=O) groups excluding carboxylic acids is 2. The Balaban J connectivity index is 4.61. The molecule has 6 nitrogen and oxygen atoms in total. The zero-order chi connectivity index (χ0) is 35.3. The van der Waals surface area contributed by atoms with Crippen LogP contribution in [-0.2, 0) is 14.3 Å². The number of unbranched alkanes of at least 4 members (excludes halogenated alkanes) is 20. The summed E-state index contributed by atoms with van der Waals surface area (Å²) in [5, 5.41) is 23.4. The van der Waals surface area contributed by atoms with Crippen LogP contribution in [0.15, 0.2) is 24.3 Å². The van der Waals surface area contributed by atoms with Gasteiger partial charge in [-0.3, -0.25) is 9.59 Å². The lowest BCUT2D eigenvalue weighted by molar-refractivity contribution is -0.151. The predicted octanol–water partition coefficient (Wildman–Crippen LogP) is 11.2. The Bertz CT molecular complexity index is 767. The van der Waals surface area contributed by atoms with E-state index in [1.54, 1.807) is 0 Å². The molecule has 0 aromatic carbocycles. The van der Waals surface area contributed by atoms with E-state index < -0.39 is 18.2 Å². The van der Waals surface area contributed by atoms with Crippen molar-refractivity contribution in [2.45, 2.75) is 225 Å². The normalized spacial score (nSPS) is 13.7. The lowest BCUT2D eigenvalue weighted by Crippen LogP contribution is -2.46. The number of amides is 1. The van der Waals surface area contributed by atoms with Crippen LogP contribution in [0, 0.1) is 0 Å². The van der Waals surface area contributed by atoms with Crippen LogP contribution in [-0.4, -0.2) is 46.9 Å². The number of nitrogens with one attached hydrogen (secondary N) is 1. The fourth-order valence-corrected chi connectivity index (χ4v) is 6.04. The highest BCUT2D eigenvalue weighted by molar-refractivity contribution is 5.77. The summed E-state index contributed by atoms with van der Waals surface area (Å²) in [5.41, 5.74) is 0. The van der Waals surface area contributed by atoms with E-state index in [-0.39, 0.29) is 24.9 Å². The second kappa shape index (κ2) is 36.6.